The van der Waals surface area contributed by atoms with E-state index in [0.717, 1.165) is 18.4 Å². The molecule has 1 aromatic heterocycles. The third-order valence-electron chi connectivity index (χ3n) is 2.03. The molecule has 78 valence electrons. The number of methoxy groups -OCH3 is 1. The molecule has 1 unspecified atom stereocenters. The Kier molecular flexibility index (Phi) is 4.49. The number of hydrogen-bond acceptors (Lipinski definition) is 4. The molecular weight excluding hydrogens is 180 g/mol. The number of ether oxygens (including phenoxy) is 1. The average Bonchev–Trinajstić information content (AvgIpc) is 2.26. The standard InChI is InChI=1S/C10H16N2O2/c1-3-4-9(14-2)10-11-5-8(7-13)6-12-10/h5-6,9,13H,3-4,7H2,1-2H3. The zero-order valence-corrected chi connectivity index (χ0v) is 8.60. The second-order valence-electron chi connectivity index (χ2n) is 3.12. The molecule has 0 fully saturated rings. The van der Waals surface area contributed by atoms with E-state index in [1.165, 1.54) is 0 Å². The minimum atomic E-state index is -0.0345. The molecule has 1 rings (SSSR count). The lowest BCUT2D eigenvalue weighted by Crippen LogP contribution is -2.06. The van der Waals surface area contributed by atoms with Crippen LogP contribution in [0, 0.1) is 0 Å². The van der Waals surface area contributed by atoms with Crippen LogP contribution in [0.4, 0.5) is 0 Å². The number of nitrogens with zero attached hydrogens (tertiary/aromatic N) is 2. The van der Waals surface area contributed by atoms with E-state index in [2.05, 4.69) is 16.9 Å². The topological polar surface area (TPSA) is 55.2 Å². The number of aliphatic hydroxyl groups is 1. The molecule has 4 nitrogen and oxygen atoms in total. The molecule has 4 heteroatoms. The Balaban J connectivity index is 2.73. The molecule has 0 amide bonds. The van der Waals surface area contributed by atoms with Crippen LogP contribution in [0.25, 0.3) is 0 Å². The molecule has 0 saturated carbocycles. The van der Waals surface area contributed by atoms with Gasteiger partial charge in [-0.15, -0.1) is 0 Å². The summed E-state index contributed by atoms with van der Waals surface area (Å²) < 4.78 is 5.26. The van der Waals surface area contributed by atoms with Crippen LogP contribution in [-0.4, -0.2) is 22.2 Å². The first-order valence-corrected chi connectivity index (χ1v) is 4.76. The van der Waals surface area contributed by atoms with Crippen LogP contribution in [0.3, 0.4) is 0 Å². The third kappa shape index (κ3) is 2.75. The van der Waals surface area contributed by atoms with Crippen LogP contribution in [0.15, 0.2) is 12.4 Å². The molecule has 1 aromatic rings. The molecule has 1 N–H and O–H groups in total. The van der Waals surface area contributed by atoms with Crippen molar-refractivity contribution in [2.75, 3.05) is 7.11 Å². The van der Waals surface area contributed by atoms with E-state index in [1.54, 1.807) is 19.5 Å². The highest BCUT2D eigenvalue weighted by molar-refractivity contribution is 5.04. The van der Waals surface area contributed by atoms with E-state index >= 15 is 0 Å². The lowest BCUT2D eigenvalue weighted by atomic mass is 10.2. The van der Waals surface area contributed by atoms with Crippen molar-refractivity contribution in [1.82, 2.24) is 9.97 Å². The predicted molar refractivity (Wildman–Crippen MR) is 52.6 cm³/mol. The normalized spacial score (nSPS) is 12.8. The van der Waals surface area contributed by atoms with Gasteiger partial charge in [-0.05, 0) is 6.42 Å². The van der Waals surface area contributed by atoms with E-state index < -0.39 is 0 Å². The molecule has 0 spiro atoms. The maximum absolute atomic E-state index is 8.82. The van der Waals surface area contributed by atoms with Gasteiger partial charge in [0.2, 0.25) is 0 Å². The summed E-state index contributed by atoms with van der Waals surface area (Å²) in [5.41, 5.74) is 0.722. The van der Waals surface area contributed by atoms with E-state index in [-0.39, 0.29) is 12.7 Å². The summed E-state index contributed by atoms with van der Waals surface area (Å²) >= 11 is 0. The summed E-state index contributed by atoms with van der Waals surface area (Å²) in [4.78, 5) is 8.29. The van der Waals surface area contributed by atoms with Crippen LogP contribution in [0.2, 0.25) is 0 Å². The highest BCUT2D eigenvalue weighted by atomic mass is 16.5. The van der Waals surface area contributed by atoms with Crippen LogP contribution < -0.4 is 0 Å². The molecule has 0 aliphatic rings. The Morgan fingerprint density at radius 1 is 1.43 bits per heavy atom. The Hall–Kier alpha value is -1.00. The highest BCUT2D eigenvalue weighted by Gasteiger charge is 2.11. The Morgan fingerprint density at radius 2 is 2.07 bits per heavy atom. The first kappa shape index (κ1) is 11.1. The molecule has 0 radical (unpaired) electrons. The van der Waals surface area contributed by atoms with Gasteiger partial charge in [-0.2, -0.15) is 0 Å². The van der Waals surface area contributed by atoms with Crippen molar-refractivity contribution in [3.8, 4) is 0 Å². The maximum Gasteiger partial charge on any atom is 0.157 e. The molecule has 1 atom stereocenters. The first-order valence-electron chi connectivity index (χ1n) is 4.76. The number of aliphatic hydroxyl groups excluding tert-OH is 1. The molecule has 0 aliphatic heterocycles. The molecule has 14 heavy (non-hydrogen) atoms. The smallest absolute Gasteiger partial charge is 0.157 e. The first-order chi connectivity index (χ1) is 6.81. The van der Waals surface area contributed by atoms with E-state index in [1.807, 2.05) is 0 Å². The predicted octanol–water partition coefficient (Wildman–Crippen LogP) is 1.46. The quantitative estimate of drug-likeness (QED) is 0.774. The lowest BCUT2D eigenvalue weighted by Gasteiger charge is -2.12. The van der Waals surface area contributed by atoms with Crippen molar-refractivity contribution in [2.24, 2.45) is 0 Å². The molecule has 0 bridgehead atoms. The SMILES string of the molecule is CCCC(OC)c1ncc(CO)cn1. The molecule has 1 heterocycles. The van der Waals surface area contributed by atoms with Crippen molar-refractivity contribution in [3.63, 3.8) is 0 Å². The fourth-order valence-electron chi connectivity index (χ4n) is 1.23. The minimum absolute atomic E-state index is 0.0221. The molecule has 0 saturated heterocycles. The second kappa shape index (κ2) is 5.67. The van der Waals surface area contributed by atoms with Crippen molar-refractivity contribution >= 4 is 0 Å². The Labute approximate surface area is 84.0 Å². The van der Waals surface area contributed by atoms with Crippen molar-refractivity contribution in [1.29, 1.82) is 0 Å². The zero-order chi connectivity index (χ0) is 10.4. The Bertz CT molecular complexity index is 261. The summed E-state index contributed by atoms with van der Waals surface area (Å²) in [6.07, 6.45) is 5.17. The fraction of sp³-hybridized carbons (Fsp3) is 0.600. The van der Waals surface area contributed by atoms with Gasteiger partial charge in [0.1, 0.15) is 6.10 Å². The van der Waals surface area contributed by atoms with Gasteiger partial charge in [-0.1, -0.05) is 13.3 Å². The summed E-state index contributed by atoms with van der Waals surface area (Å²) in [6.45, 7) is 2.07. The Morgan fingerprint density at radius 3 is 2.50 bits per heavy atom. The van der Waals surface area contributed by atoms with Crippen LogP contribution in [0.1, 0.15) is 37.3 Å². The number of aromatic nitrogens is 2. The van der Waals surface area contributed by atoms with Gasteiger partial charge in [0, 0.05) is 25.1 Å². The van der Waals surface area contributed by atoms with Gasteiger partial charge in [0.15, 0.2) is 5.82 Å². The largest absolute Gasteiger partial charge is 0.392 e. The second-order valence-corrected chi connectivity index (χ2v) is 3.12. The third-order valence-corrected chi connectivity index (χ3v) is 2.03. The summed E-state index contributed by atoms with van der Waals surface area (Å²) in [5.74, 6) is 0.687. The summed E-state index contributed by atoms with van der Waals surface area (Å²) in [6, 6.07) is 0. The molecule has 0 aliphatic carbocycles. The van der Waals surface area contributed by atoms with Gasteiger partial charge in [0.05, 0.1) is 6.61 Å². The van der Waals surface area contributed by atoms with Gasteiger partial charge >= 0.3 is 0 Å². The summed E-state index contributed by atoms with van der Waals surface area (Å²) in [5, 5.41) is 8.82. The van der Waals surface area contributed by atoms with Gasteiger partial charge in [-0.25, -0.2) is 9.97 Å². The van der Waals surface area contributed by atoms with Gasteiger partial charge < -0.3 is 9.84 Å². The van der Waals surface area contributed by atoms with Crippen LogP contribution in [-0.2, 0) is 11.3 Å². The zero-order valence-electron chi connectivity index (χ0n) is 8.60. The van der Waals surface area contributed by atoms with Crippen molar-refractivity contribution in [3.05, 3.63) is 23.8 Å². The number of rotatable bonds is 5. The van der Waals surface area contributed by atoms with E-state index in [9.17, 15) is 0 Å². The average molecular weight is 196 g/mol. The van der Waals surface area contributed by atoms with Gasteiger partial charge in [-0.3, -0.25) is 0 Å². The van der Waals surface area contributed by atoms with Crippen molar-refractivity contribution < 1.29 is 9.84 Å². The van der Waals surface area contributed by atoms with Crippen LogP contribution >= 0.6 is 0 Å². The van der Waals surface area contributed by atoms with Gasteiger partial charge in [0.25, 0.3) is 0 Å². The highest BCUT2D eigenvalue weighted by Crippen LogP contribution is 2.17. The van der Waals surface area contributed by atoms with Crippen molar-refractivity contribution in [2.45, 2.75) is 32.5 Å². The van der Waals surface area contributed by atoms with Crippen LogP contribution in [0.5, 0.6) is 0 Å². The minimum Gasteiger partial charge on any atom is -0.392 e. The maximum atomic E-state index is 8.82. The van der Waals surface area contributed by atoms with E-state index in [4.69, 9.17) is 9.84 Å². The summed E-state index contributed by atoms with van der Waals surface area (Å²) in [7, 11) is 1.66. The fourth-order valence-corrected chi connectivity index (χ4v) is 1.23. The van der Waals surface area contributed by atoms with E-state index in [0.29, 0.717) is 5.82 Å². The lowest BCUT2D eigenvalue weighted by molar-refractivity contribution is 0.0874. The molecular formula is C10H16N2O2. The number of hydrogen-bond donors (Lipinski definition) is 1. The molecule has 0 aromatic carbocycles. The monoisotopic (exact) mass is 196 g/mol.